The fourth-order valence-electron chi connectivity index (χ4n) is 2.40. The molecule has 0 aliphatic carbocycles. The monoisotopic (exact) mass is 420 g/mol. The van der Waals surface area contributed by atoms with E-state index in [1.165, 1.54) is 31.3 Å². The minimum absolute atomic E-state index is 0.118. The third kappa shape index (κ3) is 5.61. The Kier molecular flexibility index (Phi) is 7.44. The molecular weight excluding hydrogens is 400 g/mol. The fraction of sp³-hybridized carbons (Fsp3) is 0.250. The Hall–Kier alpha value is -3.26. The molecule has 0 radical (unpaired) electrons. The highest BCUT2D eigenvalue weighted by Gasteiger charge is 2.17. The molecule has 29 heavy (non-hydrogen) atoms. The van der Waals surface area contributed by atoms with Gasteiger partial charge in [-0.3, -0.25) is 9.59 Å². The molecule has 154 valence electrons. The fourth-order valence-corrected chi connectivity index (χ4v) is 2.69. The molecule has 0 atom stereocenters. The lowest BCUT2D eigenvalue weighted by Gasteiger charge is -2.12. The Labute approximate surface area is 173 Å². The predicted molar refractivity (Wildman–Crippen MR) is 108 cm³/mol. The van der Waals surface area contributed by atoms with Crippen LogP contribution in [0, 0.1) is 0 Å². The molecule has 8 nitrogen and oxygen atoms in total. The van der Waals surface area contributed by atoms with Crippen LogP contribution in [0.5, 0.6) is 11.5 Å². The first kappa shape index (κ1) is 22.0. The maximum Gasteiger partial charge on any atom is 0.338 e. The number of rotatable bonds is 7. The molecule has 1 N–H and O–H groups in total. The number of carbonyl (C=O) groups excluding carboxylic acids is 3. The van der Waals surface area contributed by atoms with E-state index in [0.29, 0.717) is 17.0 Å². The molecule has 0 aliphatic rings. The van der Waals surface area contributed by atoms with Gasteiger partial charge in [-0.1, -0.05) is 11.6 Å². The minimum atomic E-state index is -0.741. The van der Waals surface area contributed by atoms with E-state index in [-0.39, 0.29) is 22.2 Å². The van der Waals surface area contributed by atoms with Crippen molar-refractivity contribution in [2.24, 2.45) is 0 Å². The van der Waals surface area contributed by atoms with E-state index >= 15 is 0 Å². The normalized spacial score (nSPS) is 10.1. The molecule has 0 heterocycles. The number of nitrogens with zero attached hydrogens (tertiary/aromatic N) is 1. The van der Waals surface area contributed by atoms with Gasteiger partial charge in [-0.25, -0.2) is 4.79 Å². The topological polar surface area (TPSA) is 94.2 Å². The number of benzene rings is 2. The van der Waals surface area contributed by atoms with E-state index in [1.807, 2.05) is 0 Å². The maximum atomic E-state index is 12.2. The molecule has 2 aromatic rings. The van der Waals surface area contributed by atoms with Crippen LogP contribution >= 0.6 is 11.6 Å². The van der Waals surface area contributed by atoms with Gasteiger partial charge >= 0.3 is 5.97 Å². The molecule has 2 amide bonds. The van der Waals surface area contributed by atoms with E-state index in [9.17, 15) is 14.4 Å². The summed E-state index contributed by atoms with van der Waals surface area (Å²) in [4.78, 5) is 37.5. The second-order valence-corrected chi connectivity index (χ2v) is 6.50. The van der Waals surface area contributed by atoms with Crippen molar-refractivity contribution in [3.63, 3.8) is 0 Å². The van der Waals surface area contributed by atoms with Gasteiger partial charge in [0, 0.05) is 25.3 Å². The molecule has 2 aromatic carbocycles. The zero-order chi connectivity index (χ0) is 21.6. The summed E-state index contributed by atoms with van der Waals surface area (Å²) in [5.74, 6) is -0.861. The van der Waals surface area contributed by atoms with E-state index in [0.717, 1.165) is 0 Å². The number of hydrogen-bond donors (Lipinski definition) is 1. The van der Waals surface area contributed by atoms with Crippen LogP contribution in [-0.4, -0.2) is 57.6 Å². The van der Waals surface area contributed by atoms with Gasteiger partial charge in [0.15, 0.2) is 18.1 Å². The first-order valence-electron chi connectivity index (χ1n) is 8.47. The standard InChI is InChI=1S/C20H21ClN2O6/c1-23(2)19(25)12-5-7-14(8-6-12)22-17(24)11-29-20(26)13-9-15(21)18(28-4)16(10-13)27-3/h5-10H,11H2,1-4H3,(H,22,24). The Morgan fingerprint density at radius 2 is 1.66 bits per heavy atom. The quantitative estimate of drug-likeness (QED) is 0.692. The summed E-state index contributed by atoms with van der Waals surface area (Å²) in [5, 5.41) is 2.76. The number of hydrogen-bond acceptors (Lipinski definition) is 6. The molecule has 9 heteroatoms. The molecule has 0 spiro atoms. The highest BCUT2D eigenvalue weighted by molar-refractivity contribution is 6.32. The highest BCUT2D eigenvalue weighted by atomic mass is 35.5. The number of anilines is 1. The molecule has 0 aromatic heterocycles. The van der Waals surface area contributed by atoms with Crippen LogP contribution in [-0.2, 0) is 9.53 Å². The molecular formula is C20H21ClN2O6. The van der Waals surface area contributed by atoms with Crippen molar-refractivity contribution >= 4 is 35.1 Å². The van der Waals surface area contributed by atoms with Gasteiger partial charge in [0.05, 0.1) is 24.8 Å². The zero-order valence-corrected chi connectivity index (χ0v) is 17.2. The van der Waals surface area contributed by atoms with Crippen LogP contribution in [0.4, 0.5) is 5.69 Å². The van der Waals surface area contributed by atoms with Crippen molar-refractivity contribution in [2.45, 2.75) is 0 Å². The van der Waals surface area contributed by atoms with E-state index in [1.54, 1.807) is 38.4 Å². The molecule has 0 saturated heterocycles. The van der Waals surface area contributed by atoms with Crippen molar-refractivity contribution in [1.29, 1.82) is 0 Å². The van der Waals surface area contributed by atoms with Crippen LogP contribution in [0.1, 0.15) is 20.7 Å². The third-order valence-corrected chi connectivity index (χ3v) is 4.11. The SMILES string of the molecule is COc1cc(C(=O)OCC(=O)Nc2ccc(C(=O)N(C)C)cc2)cc(Cl)c1OC. The van der Waals surface area contributed by atoms with Gasteiger partial charge in [0.25, 0.3) is 11.8 Å². The van der Waals surface area contributed by atoms with Crippen LogP contribution in [0.15, 0.2) is 36.4 Å². The van der Waals surface area contributed by atoms with Crippen LogP contribution < -0.4 is 14.8 Å². The Balaban J connectivity index is 1.96. The van der Waals surface area contributed by atoms with Crippen LogP contribution in [0.25, 0.3) is 0 Å². The average Bonchev–Trinajstić information content (AvgIpc) is 2.71. The third-order valence-electron chi connectivity index (χ3n) is 3.83. The first-order chi connectivity index (χ1) is 13.8. The molecule has 0 unspecified atom stereocenters. The summed E-state index contributed by atoms with van der Waals surface area (Å²) in [6, 6.07) is 9.13. The summed E-state index contributed by atoms with van der Waals surface area (Å²) < 4.78 is 15.3. The number of methoxy groups -OCH3 is 2. The number of nitrogens with one attached hydrogen (secondary N) is 1. The number of esters is 1. The van der Waals surface area contributed by atoms with Gasteiger partial charge in [0.2, 0.25) is 0 Å². The molecule has 2 rings (SSSR count). The summed E-state index contributed by atoms with van der Waals surface area (Å²) in [6.07, 6.45) is 0. The van der Waals surface area contributed by atoms with Crippen LogP contribution in [0.2, 0.25) is 5.02 Å². The van der Waals surface area contributed by atoms with Gasteiger partial charge in [-0.2, -0.15) is 0 Å². The summed E-state index contributed by atoms with van der Waals surface area (Å²) >= 11 is 6.06. The number of amides is 2. The summed E-state index contributed by atoms with van der Waals surface area (Å²) in [7, 11) is 6.14. The summed E-state index contributed by atoms with van der Waals surface area (Å²) in [6.45, 7) is -0.497. The van der Waals surface area contributed by atoms with Gasteiger partial charge in [0.1, 0.15) is 0 Å². The summed E-state index contributed by atoms with van der Waals surface area (Å²) in [5.41, 5.74) is 1.08. The van der Waals surface area contributed by atoms with Gasteiger partial charge in [-0.15, -0.1) is 0 Å². The minimum Gasteiger partial charge on any atom is -0.493 e. The lowest BCUT2D eigenvalue weighted by Crippen LogP contribution is -2.22. The smallest absolute Gasteiger partial charge is 0.338 e. The lowest BCUT2D eigenvalue weighted by molar-refractivity contribution is -0.119. The van der Waals surface area contributed by atoms with Crippen molar-refractivity contribution in [3.05, 3.63) is 52.5 Å². The Bertz CT molecular complexity index is 912. The lowest BCUT2D eigenvalue weighted by atomic mass is 10.2. The largest absolute Gasteiger partial charge is 0.493 e. The maximum absolute atomic E-state index is 12.2. The van der Waals surface area contributed by atoms with Crippen molar-refractivity contribution in [3.8, 4) is 11.5 Å². The number of halogens is 1. The van der Waals surface area contributed by atoms with Crippen molar-refractivity contribution in [2.75, 3.05) is 40.2 Å². The average molecular weight is 421 g/mol. The molecule has 0 fully saturated rings. The first-order valence-corrected chi connectivity index (χ1v) is 8.84. The van der Waals surface area contributed by atoms with Gasteiger partial charge in [-0.05, 0) is 36.4 Å². The van der Waals surface area contributed by atoms with E-state index in [2.05, 4.69) is 5.32 Å². The second kappa shape index (κ2) is 9.79. The van der Waals surface area contributed by atoms with Gasteiger partial charge < -0.3 is 24.4 Å². The van der Waals surface area contributed by atoms with Crippen LogP contribution in [0.3, 0.4) is 0 Å². The van der Waals surface area contributed by atoms with E-state index < -0.39 is 18.5 Å². The Morgan fingerprint density at radius 1 is 1.00 bits per heavy atom. The van der Waals surface area contributed by atoms with Crippen molar-refractivity contribution < 1.29 is 28.6 Å². The van der Waals surface area contributed by atoms with E-state index in [4.69, 9.17) is 25.8 Å². The van der Waals surface area contributed by atoms with Crippen molar-refractivity contribution in [1.82, 2.24) is 4.90 Å². The second-order valence-electron chi connectivity index (χ2n) is 6.09. The zero-order valence-electron chi connectivity index (χ0n) is 16.4. The molecule has 0 saturated carbocycles. The number of carbonyl (C=O) groups is 3. The molecule has 0 aliphatic heterocycles. The molecule has 0 bridgehead atoms. The highest BCUT2D eigenvalue weighted by Crippen LogP contribution is 2.36. The predicted octanol–water partition coefficient (Wildman–Crippen LogP) is 2.85. The Morgan fingerprint density at radius 3 is 2.21 bits per heavy atom. The number of ether oxygens (including phenoxy) is 3.